The Balaban J connectivity index is 2.32. The Morgan fingerprint density at radius 1 is 1.62 bits per heavy atom. The third-order valence-corrected chi connectivity index (χ3v) is 2.45. The van der Waals surface area contributed by atoms with Crippen molar-refractivity contribution in [3.8, 4) is 0 Å². The number of hydrogen-bond acceptors (Lipinski definition) is 3. The Labute approximate surface area is 96.0 Å². The van der Waals surface area contributed by atoms with Crippen LogP contribution in [-0.4, -0.2) is 28.5 Å². The molecule has 0 spiro atoms. The van der Waals surface area contributed by atoms with Crippen molar-refractivity contribution < 1.29 is 4.79 Å². The second-order valence-electron chi connectivity index (χ2n) is 3.87. The van der Waals surface area contributed by atoms with Crippen molar-refractivity contribution >= 4 is 5.91 Å². The molecular formula is C11H20N4O. The molecule has 16 heavy (non-hydrogen) atoms. The number of amides is 1. The topological polar surface area (TPSA) is 69.8 Å². The molecule has 0 radical (unpaired) electrons. The molecule has 5 heteroatoms. The van der Waals surface area contributed by atoms with Gasteiger partial charge in [-0.3, -0.25) is 4.79 Å². The van der Waals surface area contributed by atoms with E-state index >= 15 is 0 Å². The van der Waals surface area contributed by atoms with Gasteiger partial charge in [0.25, 0.3) is 0 Å². The molecule has 1 aromatic heterocycles. The van der Waals surface area contributed by atoms with E-state index in [1.54, 1.807) is 6.33 Å². The van der Waals surface area contributed by atoms with E-state index in [-0.39, 0.29) is 11.9 Å². The largest absolute Gasteiger partial charge is 0.355 e. The van der Waals surface area contributed by atoms with Gasteiger partial charge in [0.2, 0.25) is 5.91 Å². The van der Waals surface area contributed by atoms with Crippen molar-refractivity contribution in [2.75, 3.05) is 6.54 Å². The molecule has 1 rings (SSSR count). The summed E-state index contributed by atoms with van der Waals surface area (Å²) in [6.45, 7) is 7.19. The van der Waals surface area contributed by atoms with E-state index in [9.17, 15) is 4.79 Å². The van der Waals surface area contributed by atoms with Crippen LogP contribution in [0.3, 0.4) is 0 Å². The molecule has 3 N–H and O–H groups in total. The average Bonchev–Trinajstić information content (AvgIpc) is 2.68. The number of H-pyrrole nitrogens is 1. The van der Waals surface area contributed by atoms with Gasteiger partial charge < -0.3 is 15.6 Å². The van der Waals surface area contributed by atoms with Crippen molar-refractivity contribution in [2.45, 2.75) is 39.8 Å². The summed E-state index contributed by atoms with van der Waals surface area (Å²) in [6, 6.07) is -0.192. The molecule has 0 saturated carbocycles. The number of aromatic nitrogens is 2. The van der Waals surface area contributed by atoms with E-state index < -0.39 is 0 Å². The van der Waals surface area contributed by atoms with Gasteiger partial charge in [0.1, 0.15) is 0 Å². The number of nitrogens with one attached hydrogen (secondary N) is 3. The van der Waals surface area contributed by atoms with Gasteiger partial charge in [0.15, 0.2) is 0 Å². The Bertz CT molecular complexity index is 334. The molecule has 0 aliphatic heterocycles. The molecule has 1 heterocycles. The second-order valence-corrected chi connectivity index (χ2v) is 3.87. The Morgan fingerprint density at radius 3 is 2.94 bits per heavy atom. The van der Waals surface area contributed by atoms with Crippen molar-refractivity contribution in [2.24, 2.45) is 0 Å². The summed E-state index contributed by atoms with van der Waals surface area (Å²) in [6.07, 6.45) is 2.62. The summed E-state index contributed by atoms with van der Waals surface area (Å²) in [5.41, 5.74) is 1.99. The highest BCUT2D eigenvalue weighted by Crippen LogP contribution is 1.99. The molecule has 0 aromatic carbocycles. The molecule has 0 aliphatic rings. The van der Waals surface area contributed by atoms with E-state index in [2.05, 4.69) is 20.6 Å². The number of nitrogens with zero attached hydrogens (tertiary/aromatic N) is 1. The Kier molecular flexibility index (Phi) is 4.98. The fourth-order valence-electron chi connectivity index (χ4n) is 1.31. The number of carbonyl (C=O) groups excluding carboxylic acids is 1. The van der Waals surface area contributed by atoms with Crippen LogP contribution in [0.4, 0.5) is 0 Å². The van der Waals surface area contributed by atoms with Crippen LogP contribution in [0.1, 0.15) is 31.7 Å². The maximum atomic E-state index is 11.5. The van der Waals surface area contributed by atoms with Crippen LogP contribution in [0, 0.1) is 6.92 Å². The van der Waals surface area contributed by atoms with Gasteiger partial charge >= 0.3 is 0 Å². The number of hydrogen-bond donors (Lipinski definition) is 3. The van der Waals surface area contributed by atoms with Crippen LogP contribution >= 0.6 is 0 Å². The fourth-order valence-corrected chi connectivity index (χ4v) is 1.31. The van der Waals surface area contributed by atoms with Crippen LogP contribution < -0.4 is 10.6 Å². The van der Waals surface area contributed by atoms with Crippen molar-refractivity contribution in [3.63, 3.8) is 0 Å². The summed E-state index contributed by atoms with van der Waals surface area (Å²) in [5.74, 6) is 0.0371. The summed E-state index contributed by atoms with van der Waals surface area (Å²) < 4.78 is 0. The van der Waals surface area contributed by atoms with E-state index in [1.165, 1.54) is 0 Å². The van der Waals surface area contributed by atoms with Crippen LogP contribution in [0.5, 0.6) is 0 Å². The monoisotopic (exact) mass is 224 g/mol. The lowest BCUT2D eigenvalue weighted by Gasteiger charge is -2.13. The second kappa shape index (κ2) is 6.27. The predicted octanol–water partition coefficient (Wildman–Crippen LogP) is 0.722. The quantitative estimate of drug-likeness (QED) is 0.667. The van der Waals surface area contributed by atoms with Crippen molar-refractivity contribution in [3.05, 3.63) is 17.7 Å². The molecule has 1 atom stereocenters. The minimum Gasteiger partial charge on any atom is -0.355 e. The van der Waals surface area contributed by atoms with Crippen LogP contribution in [0.15, 0.2) is 6.33 Å². The first kappa shape index (κ1) is 12.7. The lowest BCUT2D eigenvalue weighted by atomic mass is 10.2. The number of aromatic amines is 1. The first-order chi connectivity index (χ1) is 7.65. The van der Waals surface area contributed by atoms with E-state index in [4.69, 9.17) is 0 Å². The summed E-state index contributed by atoms with van der Waals surface area (Å²) in [4.78, 5) is 18.7. The molecular weight excluding hydrogens is 204 g/mol. The SMILES string of the molecule is CCCNC(=O)C(C)NCc1nc[nH]c1C. The number of rotatable bonds is 6. The van der Waals surface area contributed by atoms with Gasteiger partial charge in [-0.2, -0.15) is 0 Å². The third-order valence-electron chi connectivity index (χ3n) is 2.45. The van der Waals surface area contributed by atoms with Crippen molar-refractivity contribution in [1.82, 2.24) is 20.6 Å². The highest BCUT2D eigenvalue weighted by atomic mass is 16.2. The zero-order valence-corrected chi connectivity index (χ0v) is 10.1. The first-order valence-corrected chi connectivity index (χ1v) is 5.65. The normalized spacial score (nSPS) is 12.4. The van der Waals surface area contributed by atoms with Crippen LogP contribution in [-0.2, 0) is 11.3 Å². The lowest BCUT2D eigenvalue weighted by molar-refractivity contribution is -0.122. The van der Waals surface area contributed by atoms with E-state index in [1.807, 2.05) is 20.8 Å². The molecule has 5 nitrogen and oxygen atoms in total. The number of imidazole rings is 1. The third kappa shape index (κ3) is 3.66. The van der Waals surface area contributed by atoms with Crippen molar-refractivity contribution in [1.29, 1.82) is 0 Å². The van der Waals surface area contributed by atoms with E-state index in [0.717, 1.165) is 24.4 Å². The Hall–Kier alpha value is -1.36. The van der Waals surface area contributed by atoms with Crippen LogP contribution in [0.25, 0.3) is 0 Å². The fraction of sp³-hybridized carbons (Fsp3) is 0.636. The van der Waals surface area contributed by atoms with Gasteiger partial charge in [-0.15, -0.1) is 0 Å². The highest BCUT2D eigenvalue weighted by molar-refractivity contribution is 5.81. The van der Waals surface area contributed by atoms with Gasteiger partial charge in [-0.1, -0.05) is 6.92 Å². The zero-order chi connectivity index (χ0) is 12.0. The standard InChI is InChI=1S/C11H20N4O/c1-4-5-12-11(16)9(3)13-6-10-8(2)14-7-15-10/h7,9,13H,4-6H2,1-3H3,(H,12,16)(H,14,15). The van der Waals surface area contributed by atoms with E-state index in [0.29, 0.717) is 6.54 Å². The first-order valence-electron chi connectivity index (χ1n) is 5.65. The molecule has 0 fully saturated rings. The van der Waals surface area contributed by atoms with Gasteiger partial charge in [0.05, 0.1) is 18.1 Å². The molecule has 0 bridgehead atoms. The molecule has 1 unspecified atom stereocenters. The minimum absolute atomic E-state index is 0.0371. The van der Waals surface area contributed by atoms with Gasteiger partial charge in [-0.05, 0) is 20.3 Å². The van der Waals surface area contributed by atoms with Gasteiger partial charge in [-0.25, -0.2) is 4.98 Å². The van der Waals surface area contributed by atoms with Crippen LogP contribution in [0.2, 0.25) is 0 Å². The summed E-state index contributed by atoms with van der Waals surface area (Å²) in [7, 11) is 0. The Morgan fingerprint density at radius 2 is 2.38 bits per heavy atom. The highest BCUT2D eigenvalue weighted by Gasteiger charge is 2.11. The molecule has 1 aromatic rings. The summed E-state index contributed by atoms with van der Waals surface area (Å²) in [5, 5.41) is 5.99. The maximum absolute atomic E-state index is 11.5. The molecule has 0 saturated heterocycles. The number of aryl methyl sites for hydroxylation is 1. The average molecular weight is 224 g/mol. The zero-order valence-electron chi connectivity index (χ0n) is 10.1. The maximum Gasteiger partial charge on any atom is 0.236 e. The molecule has 1 amide bonds. The van der Waals surface area contributed by atoms with Gasteiger partial charge in [0, 0.05) is 18.8 Å². The predicted molar refractivity (Wildman–Crippen MR) is 62.9 cm³/mol. The summed E-state index contributed by atoms with van der Waals surface area (Å²) >= 11 is 0. The molecule has 0 aliphatic carbocycles. The lowest BCUT2D eigenvalue weighted by Crippen LogP contribution is -2.42. The number of carbonyl (C=O) groups is 1. The molecule has 90 valence electrons. The minimum atomic E-state index is -0.192. The smallest absolute Gasteiger partial charge is 0.236 e.